The third kappa shape index (κ3) is 2.58. The molecule has 6 heteroatoms. The Kier molecular flexibility index (Phi) is 2.61. The van der Waals surface area contributed by atoms with Crippen molar-refractivity contribution in [3.63, 3.8) is 0 Å². The highest BCUT2D eigenvalue weighted by Crippen LogP contribution is 2.24. The monoisotopic (exact) mass is 253 g/mol. The molecule has 0 aromatic heterocycles. The van der Waals surface area contributed by atoms with Gasteiger partial charge in [-0.25, -0.2) is 18.1 Å². The van der Waals surface area contributed by atoms with E-state index < -0.39 is 10.0 Å². The van der Waals surface area contributed by atoms with E-state index in [1.165, 1.54) is 0 Å². The van der Waals surface area contributed by atoms with Gasteiger partial charge < -0.3 is 5.32 Å². The first-order chi connectivity index (χ1) is 7.78. The van der Waals surface area contributed by atoms with Gasteiger partial charge in [-0.3, -0.25) is 0 Å². The van der Waals surface area contributed by atoms with Crippen LogP contribution in [-0.2, 0) is 10.0 Å². The molecular weight excluding hydrogens is 238 g/mol. The number of sulfonamides is 1. The maximum Gasteiger partial charge on any atom is 0.266 e. The summed E-state index contributed by atoms with van der Waals surface area (Å²) in [5.74, 6) is 0.260. The molecule has 1 aromatic carbocycles. The van der Waals surface area contributed by atoms with Crippen molar-refractivity contribution in [2.24, 2.45) is 4.99 Å². The lowest BCUT2D eigenvalue weighted by molar-refractivity contribution is 0.576. The van der Waals surface area contributed by atoms with Gasteiger partial charge in [0.15, 0.2) is 0 Å². The van der Waals surface area contributed by atoms with Gasteiger partial charge in [-0.2, -0.15) is 0 Å². The van der Waals surface area contributed by atoms with E-state index >= 15 is 0 Å². The largest absolute Gasteiger partial charge is 0.324 e. The number of nitrogens with one attached hydrogen (secondary N) is 2. The summed E-state index contributed by atoms with van der Waals surface area (Å²) in [7, 11) is -3.51. The van der Waals surface area contributed by atoms with Crippen LogP contribution in [0.3, 0.4) is 0 Å². The maximum atomic E-state index is 11.9. The van der Waals surface area contributed by atoms with Crippen LogP contribution in [0.5, 0.6) is 0 Å². The van der Waals surface area contributed by atoms with Gasteiger partial charge in [-0.15, -0.1) is 0 Å². The summed E-state index contributed by atoms with van der Waals surface area (Å²) in [5.41, 5.74) is 0.200. The third-order valence-corrected chi connectivity index (χ3v) is 3.51. The summed E-state index contributed by atoms with van der Waals surface area (Å²) in [4.78, 5) is 4.52. The number of anilines is 1. The molecule has 0 bridgehead atoms. The van der Waals surface area contributed by atoms with E-state index in [-0.39, 0.29) is 16.4 Å². The number of fused-ring (bicyclic) bond motifs is 1. The van der Waals surface area contributed by atoms with Gasteiger partial charge in [-0.05, 0) is 32.9 Å². The molecule has 1 aliphatic rings. The fourth-order valence-electron chi connectivity index (χ4n) is 1.53. The second kappa shape index (κ2) is 3.73. The van der Waals surface area contributed by atoms with E-state index in [2.05, 4.69) is 15.0 Å². The second-order valence-corrected chi connectivity index (χ2v) is 6.51. The lowest BCUT2D eigenvalue weighted by Gasteiger charge is -2.23. The molecule has 5 nitrogen and oxygen atoms in total. The number of benzene rings is 1. The molecule has 92 valence electrons. The molecule has 0 spiro atoms. The highest BCUT2D eigenvalue weighted by molar-refractivity contribution is 7.90. The molecular formula is C11H15N3O2S. The van der Waals surface area contributed by atoms with Crippen molar-refractivity contribution in [1.29, 1.82) is 0 Å². The molecule has 1 heterocycles. The molecule has 0 unspecified atom stereocenters. The first kappa shape index (κ1) is 11.9. The number of hydrogen-bond acceptors (Lipinski definition) is 3. The fraction of sp³-hybridized carbons (Fsp3) is 0.364. The molecule has 0 radical (unpaired) electrons. The molecule has 0 saturated carbocycles. The zero-order valence-electron chi connectivity index (χ0n) is 9.98. The summed E-state index contributed by atoms with van der Waals surface area (Å²) in [5, 5.41) is 2.97. The van der Waals surface area contributed by atoms with Crippen molar-refractivity contribution in [3.8, 4) is 0 Å². The number of rotatable bonds is 0. The molecule has 2 N–H and O–H groups in total. The Morgan fingerprint density at radius 1 is 1.18 bits per heavy atom. The van der Waals surface area contributed by atoms with Crippen LogP contribution < -0.4 is 10.0 Å². The molecule has 1 aliphatic heterocycles. The topological polar surface area (TPSA) is 70.6 Å². The van der Waals surface area contributed by atoms with Crippen LogP contribution in [0.25, 0.3) is 0 Å². The molecule has 17 heavy (non-hydrogen) atoms. The van der Waals surface area contributed by atoms with E-state index in [9.17, 15) is 8.42 Å². The predicted octanol–water partition coefficient (Wildman–Crippen LogP) is 1.54. The van der Waals surface area contributed by atoms with Crippen LogP contribution >= 0.6 is 0 Å². The summed E-state index contributed by atoms with van der Waals surface area (Å²) >= 11 is 0. The van der Waals surface area contributed by atoms with Gasteiger partial charge in [0.25, 0.3) is 10.0 Å². The number of hydrogen-bond donors (Lipinski definition) is 2. The minimum absolute atomic E-state index is 0.243. The van der Waals surface area contributed by atoms with Crippen molar-refractivity contribution in [2.45, 2.75) is 31.2 Å². The van der Waals surface area contributed by atoms with E-state index in [0.29, 0.717) is 5.69 Å². The highest BCUT2D eigenvalue weighted by Gasteiger charge is 2.26. The average Bonchev–Trinajstić information content (AvgIpc) is 2.13. The van der Waals surface area contributed by atoms with Crippen molar-refractivity contribution in [3.05, 3.63) is 24.3 Å². The number of aliphatic imine (C=N–C) groups is 1. The number of guanidine groups is 1. The normalized spacial score (nSPS) is 20.3. The standard InChI is InChI=1S/C11H15N3O2S/c1-11(2,3)13-10-12-8-6-4-5-7-9(8)17(15,16)14-10/h4-7H,1-3H3,(H2,12,13,14). The molecule has 0 atom stereocenters. The van der Waals surface area contributed by atoms with Crippen LogP contribution in [0.1, 0.15) is 20.8 Å². The van der Waals surface area contributed by atoms with Crippen LogP contribution in [0.4, 0.5) is 5.69 Å². The fourth-order valence-corrected chi connectivity index (χ4v) is 2.65. The van der Waals surface area contributed by atoms with Gasteiger partial charge >= 0.3 is 0 Å². The molecule has 0 amide bonds. The SMILES string of the molecule is CC(C)(C)N=C1Nc2ccccc2S(=O)(=O)N1. The average molecular weight is 253 g/mol. The number of para-hydroxylation sites is 1. The van der Waals surface area contributed by atoms with Crippen LogP contribution in [0.2, 0.25) is 0 Å². The minimum atomic E-state index is -3.51. The van der Waals surface area contributed by atoms with Crippen molar-refractivity contribution < 1.29 is 8.42 Å². The predicted molar refractivity (Wildman–Crippen MR) is 67.6 cm³/mol. The Morgan fingerprint density at radius 2 is 1.82 bits per heavy atom. The quantitative estimate of drug-likeness (QED) is 0.737. The third-order valence-electron chi connectivity index (χ3n) is 2.11. The van der Waals surface area contributed by atoms with E-state index in [0.717, 1.165) is 0 Å². The highest BCUT2D eigenvalue weighted by atomic mass is 32.2. The zero-order chi connectivity index (χ0) is 12.7. The molecule has 0 aliphatic carbocycles. The van der Waals surface area contributed by atoms with Crippen molar-refractivity contribution in [2.75, 3.05) is 5.32 Å². The molecule has 0 saturated heterocycles. The molecule has 1 aromatic rings. The molecule has 0 fully saturated rings. The van der Waals surface area contributed by atoms with Gasteiger partial charge in [0.1, 0.15) is 4.90 Å². The van der Waals surface area contributed by atoms with E-state index in [4.69, 9.17) is 0 Å². The molecule has 2 rings (SSSR count). The van der Waals surface area contributed by atoms with Gasteiger partial charge in [-0.1, -0.05) is 12.1 Å². The summed E-state index contributed by atoms with van der Waals surface area (Å²) in [6.07, 6.45) is 0. The Bertz CT molecular complexity index is 571. The number of nitrogens with zero attached hydrogens (tertiary/aromatic N) is 1. The van der Waals surface area contributed by atoms with Crippen LogP contribution in [0, 0.1) is 0 Å². The summed E-state index contributed by atoms with van der Waals surface area (Å²) < 4.78 is 26.3. The lowest BCUT2D eigenvalue weighted by atomic mass is 10.1. The van der Waals surface area contributed by atoms with Crippen LogP contribution in [0.15, 0.2) is 34.2 Å². The Labute approximate surface area is 101 Å². The minimum Gasteiger partial charge on any atom is -0.324 e. The van der Waals surface area contributed by atoms with Gasteiger partial charge in [0.05, 0.1) is 11.2 Å². The Morgan fingerprint density at radius 3 is 2.47 bits per heavy atom. The van der Waals surface area contributed by atoms with Crippen LogP contribution in [-0.4, -0.2) is 19.9 Å². The summed E-state index contributed by atoms with van der Waals surface area (Å²) in [6.45, 7) is 5.70. The first-order valence-corrected chi connectivity index (χ1v) is 6.75. The maximum absolute atomic E-state index is 11.9. The van der Waals surface area contributed by atoms with Crippen molar-refractivity contribution >= 4 is 21.7 Å². The second-order valence-electron chi connectivity index (χ2n) is 4.86. The smallest absolute Gasteiger partial charge is 0.266 e. The Balaban J connectivity index is 2.49. The first-order valence-electron chi connectivity index (χ1n) is 5.27. The Hall–Kier alpha value is -1.56. The van der Waals surface area contributed by atoms with E-state index in [1.54, 1.807) is 24.3 Å². The summed E-state index contributed by atoms with van der Waals surface area (Å²) in [6, 6.07) is 6.73. The van der Waals surface area contributed by atoms with Crippen molar-refractivity contribution in [1.82, 2.24) is 4.72 Å². The van der Waals surface area contributed by atoms with Gasteiger partial charge in [0, 0.05) is 0 Å². The lowest BCUT2D eigenvalue weighted by Crippen LogP contribution is -2.42. The van der Waals surface area contributed by atoms with Gasteiger partial charge in [0.2, 0.25) is 5.96 Å². The zero-order valence-corrected chi connectivity index (χ0v) is 10.8. The van der Waals surface area contributed by atoms with E-state index in [1.807, 2.05) is 20.8 Å².